The highest BCUT2D eigenvalue weighted by atomic mass is 16.2. The topological polar surface area (TPSA) is 78.1 Å². The lowest BCUT2D eigenvalue weighted by Crippen LogP contribution is -2.42. The van der Waals surface area contributed by atoms with Crippen molar-refractivity contribution in [3.63, 3.8) is 0 Å². The van der Waals surface area contributed by atoms with E-state index in [1.165, 1.54) is 6.42 Å². The standard InChI is InChI=1S/C13H20N4O2/c1-9-12(10(2)16-15-9)13(19)14-8-11(18)17-6-4-3-5-7-17/h3-8H2,1-2H3,(H,14,19)(H,15,16). The molecule has 0 aliphatic carbocycles. The van der Waals surface area contributed by atoms with Gasteiger partial charge >= 0.3 is 0 Å². The number of hydrogen-bond acceptors (Lipinski definition) is 3. The van der Waals surface area contributed by atoms with E-state index in [4.69, 9.17) is 0 Å². The molecule has 2 amide bonds. The van der Waals surface area contributed by atoms with Crippen LogP contribution in [0.15, 0.2) is 0 Å². The van der Waals surface area contributed by atoms with Crippen molar-refractivity contribution in [1.29, 1.82) is 0 Å². The highest BCUT2D eigenvalue weighted by Crippen LogP contribution is 2.10. The number of rotatable bonds is 3. The Labute approximate surface area is 112 Å². The molecule has 1 aromatic heterocycles. The number of H-pyrrole nitrogens is 1. The Hall–Kier alpha value is -1.85. The lowest BCUT2D eigenvalue weighted by atomic mass is 10.1. The zero-order valence-corrected chi connectivity index (χ0v) is 11.5. The van der Waals surface area contributed by atoms with E-state index in [1.807, 2.05) is 4.90 Å². The van der Waals surface area contributed by atoms with Gasteiger partial charge in [0.25, 0.3) is 5.91 Å². The van der Waals surface area contributed by atoms with Crippen LogP contribution in [0.25, 0.3) is 0 Å². The smallest absolute Gasteiger partial charge is 0.255 e. The predicted molar refractivity (Wildman–Crippen MR) is 70.8 cm³/mol. The predicted octanol–water partition coefficient (Wildman–Crippen LogP) is 0.769. The summed E-state index contributed by atoms with van der Waals surface area (Å²) >= 11 is 0. The van der Waals surface area contributed by atoms with Gasteiger partial charge in [-0.05, 0) is 33.1 Å². The Morgan fingerprint density at radius 3 is 2.53 bits per heavy atom. The van der Waals surface area contributed by atoms with Crippen LogP contribution >= 0.6 is 0 Å². The van der Waals surface area contributed by atoms with Gasteiger partial charge in [-0.25, -0.2) is 0 Å². The molecule has 6 nitrogen and oxygen atoms in total. The molecule has 19 heavy (non-hydrogen) atoms. The summed E-state index contributed by atoms with van der Waals surface area (Å²) in [6.07, 6.45) is 3.29. The van der Waals surface area contributed by atoms with E-state index in [0.29, 0.717) is 11.3 Å². The molecule has 0 saturated carbocycles. The minimum absolute atomic E-state index is 0.00755. The summed E-state index contributed by atoms with van der Waals surface area (Å²) in [5.74, 6) is -0.249. The number of aryl methyl sites for hydroxylation is 2. The number of aromatic amines is 1. The van der Waals surface area contributed by atoms with Gasteiger partial charge < -0.3 is 10.2 Å². The summed E-state index contributed by atoms with van der Waals surface area (Å²) in [5.41, 5.74) is 1.91. The minimum atomic E-state index is -0.242. The van der Waals surface area contributed by atoms with Gasteiger partial charge in [-0.2, -0.15) is 5.10 Å². The van der Waals surface area contributed by atoms with E-state index in [9.17, 15) is 9.59 Å². The maximum absolute atomic E-state index is 12.0. The Balaban J connectivity index is 1.88. The minimum Gasteiger partial charge on any atom is -0.343 e. The number of hydrogen-bond donors (Lipinski definition) is 2. The Morgan fingerprint density at radius 1 is 1.26 bits per heavy atom. The lowest BCUT2D eigenvalue weighted by molar-refractivity contribution is -0.130. The molecule has 0 bridgehead atoms. The van der Waals surface area contributed by atoms with Crippen LogP contribution in [0, 0.1) is 13.8 Å². The summed E-state index contributed by atoms with van der Waals surface area (Å²) < 4.78 is 0. The van der Waals surface area contributed by atoms with Crippen LogP contribution in [0.1, 0.15) is 41.0 Å². The van der Waals surface area contributed by atoms with Gasteiger partial charge in [0.1, 0.15) is 0 Å². The number of amides is 2. The molecule has 6 heteroatoms. The third kappa shape index (κ3) is 3.13. The number of carbonyl (C=O) groups is 2. The van der Waals surface area contributed by atoms with Crippen LogP contribution in [0.4, 0.5) is 0 Å². The average molecular weight is 264 g/mol. The molecule has 2 heterocycles. The molecule has 0 atom stereocenters. The van der Waals surface area contributed by atoms with Crippen LogP contribution < -0.4 is 5.32 Å². The van der Waals surface area contributed by atoms with Crippen molar-refractivity contribution in [2.75, 3.05) is 19.6 Å². The van der Waals surface area contributed by atoms with Crippen molar-refractivity contribution in [3.8, 4) is 0 Å². The Bertz CT molecular complexity index is 455. The molecule has 0 aromatic carbocycles. The second-order valence-electron chi connectivity index (χ2n) is 4.93. The number of aromatic nitrogens is 2. The third-order valence-corrected chi connectivity index (χ3v) is 3.46. The Kier molecular flexibility index (Phi) is 4.19. The fourth-order valence-corrected chi connectivity index (χ4v) is 2.38. The highest BCUT2D eigenvalue weighted by Gasteiger charge is 2.19. The summed E-state index contributed by atoms with van der Waals surface area (Å²) in [4.78, 5) is 25.7. The van der Waals surface area contributed by atoms with Crippen LogP contribution in [0.3, 0.4) is 0 Å². The van der Waals surface area contributed by atoms with Crippen LogP contribution in [0.2, 0.25) is 0 Å². The van der Waals surface area contributed by atoms with Crippen molar-refractivity contribution in [1.82, 2.24) is 20.4 Å². The molecule has 0 spiro atoms. The molecule has 0 unspecified atom stereocenters. The van der Waals surface area contributed by atoms with Crippen LogP contribution in [-0.4, -0.2) is 46.5 Å². The molecular weight excluding hydrogens is 244 g/mol. The lowest BCUT2D eigenvalue weighted by Gasteiger charge is -2.26. The van der Waals surface area contributed by atoms with Gasteiger partial charge in [0, 0.05) is 18.8 Å². The quantitative estimate of drug-likeness (QED) is 0.846. The molecular formula is C13H20N4O2. The molecule has 2 rings (SSSR count). The third-order valence-electron chi connectivity index (χ3n) is 3.46. The van der Waals surface area contributed by atoms with Gasteiger partial charge in [0.15, 0.2) is 0 Å². The molecule has 1 aliphatic rings. The monoisotopic (exact) mass is 264 g/mol. The molecule has 2 N–H and O–H groups in total. The summed E-state index contributed by atoms with van der Waals surface area (Å²) in [6.45, 7) is 5.23. The molecule has 104 valence electrons. The molecule has 1 aromatic rings. The van der Waals surface area contributed by atoms with Crippen molar-refractivity contribution < 1.29 is 9.59 Å². The van der Waals surface area contributed by atoms with Crippen LogP contribution in [-0.2, 0) is 4.79 Å². The fraction of sp³-hybridized carbons (Fsp3) is 0.615. The largest absolute Gasteiger partial charge is 0.343 e. The van der Waals surface area contributed by atoms with Crippen molar-refractivity contribution >= 4 is 11.8 Å². The van der Waals surface area contributed by atoms with E-state index in [2.05, 4.69) is 15.5 Å². The molecule has 1 fully saturated rings. The fourth-order valence-electron chi connectivity index (χ4n) is 2.38. The first-order valence-electron chi connectivity index (χ1n) is 6.67. The number of nitrogens with one attached hydrogen (secondary N) is 2. The first-order chi connectivity index (χ1) is 9.09. The first kappa shape index (κ1) is 13.6. The van der Waals surface area contributed by atoms with E-state index in [1.54, 1.807) is 13.8 Å². The van der Waals surface area contributed by atoms with Gasteiger partial charge in [0.2, 0.25) is 5.91 Å². The number of carbonyl (C=O) groups excluding carboxylic acids is 2. The van der Waals surface area contributed by atoms with Crippen molar-refractivity contribution in [2.24, 2.45) is 0 Å². The van der Waals surface area contributed by atoms with Gasteiger partial charge in [0.05, 0.1) is 17.8 Å². The van der Waals surface area contributed by atoms with E-state index in [-0.39, 0.29) is 18.4 Å². The summed E-state index contributed by atoms with van der Waals surface area (Å²) in [6, 6.07) is 0. The number of nitrogens with zero attached hydrogens (tertiary/aromatic N) is 2. The summed E-state index contributed by atoms with van der Waals surface area (Å²) in [5, 5.41) is 9.41. The van der Waals surface area contributed by atoms with Gasteiger partial charge in [-0.15, -0.1) is 0 Å². The second kappa shape index (κ2) is 5.86. The van der Waals surface area contributed by atoms with E-state index >= 15 is 0 Å². The first-order valence-corrected chi connectivity index (χ1v) is 6.67. The second-order valence-corrected chi connectivity index (χ2v) is 4.93. The van der Waals surface area contributed by atoms with E-state index < -0.39 is 0 Å². The SMILES string of the molecule is Cc1n[nH]c(C)c1C(=O)NCC(=O)N1CCCCC1. The number of piperidine rings is 1. The Morgan fingerprint density at radius 2 is 1.95 bits per heavy atom. The zero-order chi connectivity index (χ0) is 13.8. The van der Waals surface area contributed by atoms with Crippen molar-refractivity contribution in [3.05, 3.63) is 17.0 Å². The molecule has 0 radical (unpaired) electrons. The molecule has 1 saturated heterocycles. The molecule has 1 aliphatic heterocycles. The van der Waals surface area contributed by atoms with Crippen molar-refractivity contribution in [2.45, 2.75) is 33.1 Å². The number of likely N-dealkylation sites (tertiary alicyclic amines) is 1. The van der Waals surface area contributed by atoms with Gasteiger partial charge in [-0.1, -0.05) is 0 Å². The van der Waals surface area contributed by atoms with Crippen LogP contribution in [0.5, 0.6) is 0 Å². The summed E-state index contributed by atoms with van der Waals surface area (Å²) in [7, 11) is 0. The highest BCUT2D eigenvalue weighted by molar-refractivity contribution is 5.98. The zero-order valence-electron chi connectivity index (χ0n) is 11.5. The van der Waals surface area contributed by atoms with E-state index in [0.717, 1.165) is 31.6 Å². The maximum atomic E-state index is 12.0. The average Bonchev–Trinajstić information content (AvgIpc) is 2.76. The van der Waals surface area contributed by atoms with Gasteiger partial charge in [-0.3, -0.25) is 14.7 Å². The normalized spacial score (nSPS) is 15.4. The maximum Gasteiger partial charge on any atom is 0.255 e.